The molecule has 0 spiro atoms. The van der Waals surface area contributed by atoms with Gasteiger partial charge in [-0.1, -0.05) is 25.1 Å². The molecule has 1 aromatic carbocycles. The van der Waals surface area contributed by atoms with Crippen LogP contribution in [0.2, 0.25) is 0 Å². The minimum Gasteiger partial charge on any atom is -0.349 e. The van der Waals surface area contributed by atoms with E-state index in [0.29, 0.717) is 5.92 Å². The third kappa shape index (κ3) is 1.22. The van der Waals surface area contributed by atoms with Crippen LogP contribution in [0.15, 0.2) is 24.3 Å². The Morgan fingerprint density at radius 3 is 2.69 bits per heavy atom. The van der Waals surface area contributed by atoms with Crippen molar-refractivity contribution in [2.45, 2.75) is 25.8 Å². The number of hydrogen-bond donors (Lipinski definition) is 1. The molecule has 1 N–H and O–H groups in total. The van der Waals surface area contributed by atoms with E-state index in [4.69, 9.17) is 0 Å². The highest BCUT2D eigenvalue weighted by Crippen LogP contribution is 2.26. The number of amides is 1. The lowest BCUT2D eigenvalue weighted by Crippen LogP contribution is -2.41. The van der Waals surface area contributed by atoms with Gasteiger partial charge in [0.15, 0.2) is 0 Å². The Morgan fingerprint density at radius 2 is 1.92 bits per heavy atom. The van der Waals surface area contributed by atoms with Crippen LogP contribution in [-0.2, 0) is 0 Å². The molecular weight excluding hydrogens is 162 g/mol. The molecule has 0 radical (unpaired) electrons. The van der Waals surface area contributed by atoms with E-state index in [2.05, 4.69) is 12.2 Å². The molecule has 0 unspecified atom stereocenters. The number of carbonyl (C=O) groups is 1. The summed E-state index contributed by atoms with van der Waals surface area (Å²) < 4.78 is 0. The fourth-order valence-corrected chi connectivity index (χ4v) is 1.78. The molecule has 2 heteroatoms. The van der Waals surface area contributed by atoms with Gasteiger partial charge in [0, 0.05) is 17.5 Å². The third-order valence-electron chi connectivity index (χ3n) is 2.80. The number of carbonyl (C=O) groups excluding carboxylic acids is 1. The van der Waals surface area contributed by atoms with Crippen LogP contribution in [0.3, 0.4) is 0 Å². The van der Waals surface area contributed by atoms with Gasteiger partial charge in [0.25, 0.3) is 5.91 Å². The van der Waals surface area contributed by atoms with Crippen molar-refractivity contribution in [3.63, 3.8) is 0 Å². The molecule has 1 heterocycles. The van der Waals surface area contributed by atoms with Crippen LogP contribution in [0.5, 0.6) is 0 Å². The largest absolute Gasteiger partial charge is 0.349 e. The Labute approximate surface area is 78.0 Å². The molecule has 1 amide bonds. The van der Waals surface area contributed by atoms with Gasteiger partial charge in [0.1, 0.15) is 0 Å². The maximum Gasteiger partial charge on any atom is 0.251 e. The van der Waals surface area contributed by atoms with E-state index in [1.54, 1.807) is 0 Å². The van der Waals surface area contributed by atoms with Crippen molar-refractivity contribution in [1.29, 1.82) is 0 Å². The Morgan fingerprint density at radius 1 is 1.23 bits per heavy atom. The molecule has 0 aliphatic carbocycles. The highest BCUT2D eigenvalue weighted by molar-refractivity contribution is 5.97. The summed E-state index contributed by atoms with van der Waals surface area (Å²) in [7, 11) is 0. The molecule has 1 aliphatic heterocycles. The van der Waals surface area contributed by atoms with Crippen LogP contribution in [0.25, 0.3) is 0 Å². The molecular formula is C11H13NO. The first-order valence-corrected chi connectivity index (χ1v) is 4.60. The van der Waals surface area contributed by atoms with Crippen molar-refractivity contribution in [2.24, 2.45) is 0 Å². The first-order chi connectivity index (χ1) is 6.20. The lowest BCUT2D eigenvalue weighted by atomic mass is 9.87. The topological polar surface area (TPSA) is 29.1 Å². The molecule has 0 aromatic heterocycles. The molecule has 2 rings (SSSR count). The normalized spacial score (nSPS) is 26.5. The second kappa shape index (κ2) is 2.87. The number of hydrogen-bond acceptors (Lipinski definition) is 1. The van der Waals surface area contributed by atoms with Gasteiger partial charge in [-0.15, -0.1) is 0 Å². The number of rotatable bonds is 0. The summed E-state index contributed by atoms with van der Waals surface area (Å²) in [5, 5.41) is 2.95. The summed E-state index contributed by atoms with van der Waals surface area (Å²) >= 11 is 0. The maximum atomic E-state index is 11.5. The molecule has 0 bridgehead atoms. The van der Waals surface area contributed by atoms with Crippen LogP contribution in [0, 0.1) is 0 Å². The summed E-state index contributed by atoms with van der Waals surface area (Å²) in [6.45, 7) is 4.18. The zero-order valence-corrected chi connectivity index (χ0v) is 7.87. The van der Waals surface area contributed by atoms with Gasteiger partial charge in [0.2, 0.25) is 0 Å². The molecule has 0 saturated carbocycles. The Balaban J connectivity index is 2.53. The van der Waals surface area contributed by atoms with E-state index >= 15 is 0 Å². The summed E-state index contributed by atoms with van der Waals surface area (Å²) in [6.07, 6.45) is 0. The van der Waals surface area contributed by atoms with Crippen LogP contribution < -0.4 is 5.32 Å². The van der Waals surface area contributed by atoms with Gasteiger partial charge < -0.3 is 5.32 Å². The average molecular weight is 175 g/mol. The molecule has 68 valence electrons. The second-order valence-electron chi connectivity index (χ2n) is 3.64. The quantitative estimate of drug-likeness (QED) is 0.641. The lowest BCUT2D eigenvalue weighted by molar-refractivity contribution is 0.0921. The van der Waals surface area contributed by atoms with Crippen LogP contribution in [-0.4, -0.2) is 11.9 Å². The van der Waals surface area contributed by atoms with Gasteiger partial charge in [0.05, 0.1) is 0 Å². The molecule has 0 saturated heterocycles. The van der Waals surface area contributed by atoms with E-state index < -0.39 is 0 Å². The van der Waals surface area contributed by atoms with Gasteiger partial charge in [-0.25, -0.2) is 0 Å². The van der Waals surface area contributed by atoms with Crippen LogP contribution in [0.1, 0.15) is 35.7 Å². The van der Waals surface area contributed by atoms with E-state index in [1.807, 2.05) is 31.2 Å². The maximum absolute atomic E-state index is 11.5. The van der Waals surface area contributed by atoms with E-state index in [9.17, 15) is 4.79 Å². The van der Waals surface area contributed by atoms with Crippen molar-refractivity contribution < 1.29 is 4.79 Å². The molecule has 0 fully saturated rings. The zero-order valence-electron chi connectivity index (χ0n) is 7.87. The summed E-state index contributed by atoms with van der Waals surface area (Å²) in [5.74, 6) is 0.468. The number of benzene rings is 1. The predicted octanol–water partition coefficient (Wildman–Crippen LogP) is 1.92. The fraction of sp³-hybridized carbons (Fsp3) is 0.364. The molecule has 13 heavy (non-hydrogen) atoms. The van der Waals surface area contributed by atoms with Crippen molar-refractivity contribution in [2.75, 3.05) is 0 Å². The molecule has 1 aromatic rings. The zero-order chi connectivity index (χ0) is 9.42. The Hall–Kier alpha value is -1.31. The summed E-state index contributed by atoms with van der Waals surface area (Å²) in [5.41, 5.74) is 1.99. The summed E-state index contributed by atoms with van der Waals surface area (Å²) in [6, 6.07) is 8.05. The first-order valence-electron chi connectivity index (χ1n) is 4.60. The fourth-order valence-electron chi connectivity index (χ4n) is 1.78. The van der Waals surface area contributed by atoms with Gasteiger partial charge in [-0.05, 0) is 18.6 Å². The third-order valence-corrected chi connectivity index (χ3v) is 2.80. The lowest BCUT2D eigenvalue weighted by Gasteiger charge is -2.28. The van der Waals surface area contributed by atoms with Crippen molar-refractivity contribution >= 4 is 5.91 Å². The van der Waals surface area contributed by atoms with Gasteiger partial charge in [-0.3, -0.25) is 4.79 Å². The van der Waals surface area contributed by atoms with Crippen LogP contribution >= 0.6 is 0 Å². The second-order valence-corrected chi connectivity index (χ2v) is 3.64. The monoisotopic (exact) mass is 175 g/mol. The Bertz CT molecular complexity index is 346. The van der Waals surface area contributed by atoms with Crippen molar-refractivity contribution in [1.82, 2.24) is 5.32 Å². The van der Waals surface area contributed by atoms with Crippen molar-refractivity contribution in [3.8, 4) is 0 Å². The SMILES string of the molecule is C[C@@H]1c2ccccc2C(=O)N[C@@H]1C. The number of fused-ring (bicyclic) bond motifs is 1. The predicted molar refractivity (Wildman–Crippen MR) is 51.8 cm³/mol. The molecule has 1 aliphatic rings. The molecule has 2 atom stereocenters. The van der Waals surface area contributed by atoms with E-state index in [1.165, 1.54) is 5.56 Å². The highest BCUT2D eigenvalue weighted by atomic mass is 16.1. The van der Waals surface area contributed by atoms with Gasteiger partial charge in [-0.2, -0.15) is 0 Å². The smallest absolute Gasteiger partial charge is 0.251 e. The highest BCUT2D eigenvalue weighted by Gasteiger charge is 2.26. The summed E-state index contributed by atoms with van der Waals surface area (Å²) in [4.78, 5) is 11.5. The van der Waals surface area contributed by atoms with Gasteiger partial charge >= 0.3 is 0 Å². The van der Waals surface area contributed by atoms with E-state index in [0.717, 1.165) is 5.56 Å². The number of nitrogens with one attached hydrogen (secondary N) is 1. The van der Waals surface area contributed by atoms with Crippen molar-refractivity contribution in [3.05, 3.63) is 35.4 Å². The standard InChI is InChI=1S/C11H13NO/c1-7-8(2)12-11(13)10-6-4-3-5-9(7)10/h3-8H,1-2H3,(H,12,13)/t7-,8+/m0/s1. The average Bonchev–Trinajstić information content (AvgIpc) is 2.15. The van der Waals surface area contributed by atoms with Crippen LogP contribution in [0.4, 0.5) is 0 Å². The van der Waals surface area contributed by atoms with E-state index in [-0.39, 0.29) is 11.9 Å². The minimum absolute atomic E-state index is 0.0567. The first kappa shape index (κ1) is 8.30. The Kier molecular flexibility index (Phi) is 1.83. The molecule has 2 nitrogen and oxygen atoms in total. The minimum atomic E-state index is 0.0567.